The topological polar surface area (TPSA) is 41.6 Å². The zero-order valence-corrected chi connectivity index (χ0v) is 16.4. The number of hydrogen-bond donors (Lipinski definition) is 1. The molecule has 1 aliphatic rings. The van der Waals surface area contributed by atoms with Crippen LogP contribution in [0.15, 0.2) is 53.4 Å². The molecule has 1 N–H and O–H groups in total. The van der Waals surface area contributed by atoms with Crippen LogP contribution >= 0.6 is 23.4 Å². The Balaban J connectivity index is 1.61. The first kappa shape index (κ1) is 20.1. The second-order valence-electron chi connectivity index (χ2n) is 6.21. The van der Waals surface area contributed by atoms with E-state index in [9.17, 15) is 9.18 Å². The van der Waals surface area contributed by atoms with Crippen molar-refractivity contribution in [2.24, 2.45) is 0 Å². The predicted molar refractivity (Wildman–Crippen MR) is 107 cm³/mol. The normalized spacial score (nSPS) is 16.1. The summed E-state index contributed by atoms with van der Waals surface area (Å²) in [7, 11) is 0. The Bertz CT molecular complexity index is 771. The van der Waals surface area contributed by atoms with E-state index in [2.05, 4.69) is 10.2 Å². The van der Waals surface area contributed by atoms with Crippen molar-refractivity contribution < 1.29 is 13.9 Å². The van der Waals surface area contributed by atoms with Gasteiger partial charge in [-0.15, -0.1) is 11.8 Å². The molecule has 1 amide bonds. The maximum Gasteiger partial charge on any atom is 0.230 e. The Labute approximate surface area is 168 Å². The summed E-state index contributed by atoms with van der Waals surface area (Å²) in [5.74, 6) is -0.273. The lowest BCUT2D eigenvalue weighted by molar-refractivity contribution is -0.118. The molecule has 1 atom stereocenters. The van der Waals surface area contributed by atoms with Gasteiger partial charge < -0.3 is 10.1 Å². The van der Waals surface area contributed by atoms with Crippen molar-refractivity contribution in [3.8, 4) is 0 Å². The molecule has 0 aliphatic carbocycles. The molecule has 1 heterocycles. The molecule has 7 heteroatoms. The molecule has 2 aromatic rings. The highest BCUT2D eigenvalue weighted by Gasteiger charge is 2.24. The van der Waals surface area contributed by atoms with Gasteiger partial charge in [0.1, 0.15) is 5.82 Å². The second kappa shape index (κ2) is 10.1. The number of carbonyl (C=O) groups is 1. The van der Waals surface area contributed by atoms with E-state index in [1.807, 2.05) is 24.3 Å². The fourth-order valence-corrected chi connectivity index (χ4v) is 4.07. The molecule has 1 fully saturated rings. The number of nitrogens with zero attached hydrogens (tertiary/aromatic N) is 1. The zero-order valence-electron chi connectivity index (χ0n) is 14.9. The summed E-state index contributed by atoms with van der Waals surface area (Å²) < 4.78 is 19.1. The maximum absolute atomic E-state index is 13.7. The van der Waals surface area contributed by atoms with Crippen LogP contribution in [-0.4, -0.2) is 49.4 Å². The lowest BCUT2D eigenvalue weighted by Gasteiger charge is -2.35. The molecule has 3 rings (SSSR count). The number of hydrogen-bond acceptors (Lipinski definition) is 4. The van der Waals surface area contributed by atoms with Crippen LogP contribution in [0.25, 0.3) is 0 Å². The number of benzene rings is 2. The summed E-state index contributed by atoms with van der Waals surface area (Å²) in [6, 6.07) is 14.1. The Morgan fingerprint density at radius 3 is 2.63 bits per heavy atom. The Morgan fingerprint density at radius 2 is 1.89 bits per heavy atom. The number of ether oxygens (including phenoxy) is 1. The van der Waals surface area contributed by atoms with Gasteiger partial charge in [-0.05, 0) is 23.8 Å². The minimum Gasteiger partial charge on any atom is -0.379 e. The lowest BCUT2D eigenvalue weighted by Crippen LogP contribution is -2.44. The van der Waals surface area contributed by atoms with Gasteiger partial charge in [-0.1, -0.05) is 41.9 Å². The molecular weight excluding hydrogens is 387 g/mol. The number of thioether (sulfide) groups is 1. The first-order valence-electron chi connectivity index (χ1n) is 8.85. The first-order valence-corrected chi connectivity index (χ1v) is 10.2. The van der Waals surface area contributed by atoms with Gasteiger partial charge in [0.05, 0.1) is 25.0 Å². The summed E-state index contributed by atoms with van der Waals surface area (Å²) in [5, 5.41) is 3.66. The fraction of sp³-hybridized carbons (Fsp3) is 0.350. The van der Waals surface area contributed by atoms with Crippen molar-refractivity contribution in [1.29, 1.82) is 0 Å². The minimum absolute atomic E-state index is 0.0231. The van der Waals surface area contributed by atoms with Gasteiger partial charge in [0.15, 0.2) is 0 Å². The highest BCUT2D eigenvalue weighted by Crippen LogP contribution is 2.28. The number of halogens is 2. The first-order chi connectivity index (χ1) is 13.1. The molecule has 0 saturated carbocycles. The Kier molecular flexibility index (Phi) is 7.52. The summed E-state index contributed by atoms with van der Waals surface area (Å²) in [5.41, 5.74) is 0.989. The molecular formula is C20H22ClFN2O2S. The van der Waals surface area contributed by atoms with Gasteiger partial charge in [0.2, 0.25) is 5.91 Å². The molecule has 144 valence electrons. The fourth-order valence-electron chi connectivity index (χ4n) is 3.04. The largest absolute Gasteiger partial charge is 0.379 e. The molecule has 4 nitrogen and oxygen atoms in total. The van der Waals surface area contributed by atoms with E-state index in [1.165, 1.54) is 17.8 Å². The van der Waals surface area contributed by atoms with Gasteiger partial charge in [-0.25, -0.2) is 4.39 Å². The van der Waals surface area contributed by atoms with E-state index in [0.29, 0.717) is 29.7 Å². The van der Waals surface area contributed by atoms with Crippen molar-refractivity contribution >= 4 is 29.3 Å². The van der Waals surface area contributed by atoms with Crippen molar-refractivity contribution in [1.82, 2.24) is 10.2 Å². The van der Waals surface area contributed by atoms with E-state index in [-0.39, 0.29) is 23.5 Å². The number of amides is 1. The third-order valence-corrected chi connectivity index (χ3v) is 5.83. The van der Waals surface area contributed by atoms with E-state index in [0.717, 1.165) is 18.7 Å². The van der Waals surface area contributed by atoms with Crippen LogP contribution in [-0.2, 0) is 9.53 Å². The van der Waals surface area contributed by atoms with Gasteiger partial charge in [-0.3, -0.25) is 9.69 Å². The van der Waals surface area contributed by atoms with Crippen LogP contribution in [0, 0.1) is 5.82 Å². The van der Waals surface area contributed by atoms with Crippen molar-refractivity contribution in [3.05, 3.63) is 64.9 Å². The van der Waals surface area contributed by atoms with Crippen molar-refractivity contribution in [3.63, 3.8) is 0 Å². The molecule has 2 aromatic carbocycles. The van der Waals surface area contributed by atoms with Gasteiger partial charge in [0, 0.05) is 29.6 Å². The molecule has 1 saturated heterocycles. The number of rotatable bonds is 7. The minimum atomic E-state index is -0.308. The second-order valence-corrected chi connectivity index (χ2v) is 7.63. The van der Waals surface area contributed by atoms with Crippen LogP contribution in [0.3, 0.4) is 0 Å². The van der Waals surface area contributed by atoms with E-state index in [4.69, 9.17) is 16.3 Å². The summed E-state index contributed by atoms with van der Waals surface area (Å²) >= 11 is 7.59. The molecule has 0 radical (unpaired) electrons. The number of carbonyl (C=O) groups excluding carboxylic acids is 1. The smallest absolute Gasteiger partial charge is 0.230 e. The summed E-state index contributed by atoms with van der Waals surface area (Å²) in [4.78, 5) is 15.0. The molecule has 0 unspecified atom stereocenters. The highest BCUT2D eigenvalue weighted by molar-refractivity contribution is 8.00. The third kappa shape index (κ3) is 5.69. The summed E-state index contributed by atoms with van der Waals surface area (Å²) in [6.45, 7) is 3.35. The molecule has 0 bridgehead atoms. The number of nitrogens with one attached hydrogen (secondary N) is 1. The quantitative estimate of drug-likeness (QED) is 0.708. The van der Waals surface area contributed by atoms with Crippen LogP contribution in [0.5, 0.6) is 0 Å². The third-order valence-electron chi connectivity index (χ3n) is 4.44. The standard InChI is InChI=1S/C20H22ClFN2O2S/c21-16-6-2-1-5-15(16)18(24-9-11-26-12-10-24)13-23-20(25)14-27-19-8-4-3-7-17(19)22/h1-8,18H,9-14H2,(H,23,25)/t18-/m0/s1. The van der Waals surface area contributed by atoms with Gasteiger partial charge >= 0.3 is 0 Å². The van der Waals surface area contributed by atoms with Crippen molar-refractivity contribution in [2.75, 3.05) is 38.6 Å². The number of morpholine rings is 1. The van der Waals surface area contributed by atoms with Crippen LogP contribution in [0.2, 0.25) is 5.02 Å². The van der Waals surface area contributed by atoms with Crippen LogP contribution in [0.4, 0.5) is 4.39 Å². The summed E-state index contributed by atoms with van der Waals surface area (Å²) in [6.07, 6.45) is 0. The average molecular weight is 409 g/mol. The Morgan fingerprint density at radius 1 is 1.19 bits per heavy atom. The SMILES string of the molecule is O=C(CSc1ccccc1F)NC[C@@H](c1ccccc1Cl)N1CCOCC1. The lowest BCUT2D eigenvalue weighted by atomic mass is 10.0. The van der Waals surface area contributed by atoms with E-state index < -0.39 is 0 Å². The van der Waals surface area contributed by atoms with E-state index in [1.54, 1.807) is 18.2 Å². The highest BCUT2D eigenvalue weighted by atomic mass is 35.5. The van der Waals surface area contributed by atoms with Gasteiger partial charge in [0.25, 0.3) is 0 Å². The van der Waals surface area contributed by atoms with Gasteiger partial charge in [-0.2, -0.15) is 0 Å². The molecule has 27 heavy (non-hydrogen) atoms. The monoisotopic (exact) mass is 408 g/mol. The molecule has 0 aromatic heterocycles. The predicted octanol–water partition coefficient (Wildman–Crippen LogP) is 3.76. The Hall–Kier alpha value is -1.60. The van der Waals surface area contributed by atoms with Crippen LogP contribution < -0.4 is 5.32 Å². The van der Waals surface area contributed by atoms with Crippen LogP contribution in [0.1, 0.15) is 11.6 Å². The molecule has 1 aliphatic heterocycles. The van der Waals surface area contributed by atoms with Crippen molar-refractivity contribution in [2.45, 2.75) is 10.9 Å². The average Bonchev–Trinajstić information content (AvgIpc) is 2.69. The molecule has 0 spiro atoms. The van der Waals surface area contributed by atoms with E-state index >= 15 is 0 Å². The zero-order chi connectivity index (χ0) is 19.1. The maximum atomic E-state index is 13.7.